The zero-order valence-corrected chi connectivity index (χ0v) is 12.2. The van der Waals surface area contributed by atoms with Gasteiger partial charge in [-0.1, -0.05) is 13.0 Å². The third kappa shape index (κ3) is 2.91. The summed E-state index contributed by atoms with van der Waals surface area (Å²) < 4.78 is 27.2. The summed E-state index contributed by atoms with van der Waals surface area (Å²) in [5.74, 6) is 0. The maximum atomic E-state index is 12.3. The van der Waals surface area contributed by atoms with E-state index in [9.17, 15) is 8.42 Å². The van der Waals surface area contributed by atoms with Gasteiger partial charge in [0.15, 0.2) is 0 Å². The van der Waals surface area contributed by atoms with E-state index < -0.39 is 10.0 Å². The highest BCUT2D eigenvalue weighted by Gasteiger charge is 2.16. The SMILES string of the molecule is CCc1ccc(S(=O)(=O)Nc2ccncc2C)cc1N. The molecule has 0 aliphatic rings. The van der Waals surface area contributed by atoms with E-state index in [1.165, 1.54) is 6.07 Å². The second-order valence-corrected chi connectivity index (χ2v) is 6.19. The van der Waals surface area contributed by atoms with Crippen LogP contribution in [0.3, 0.4) is 0 Å². The third-order valence-electron chi connectivity index (χ3n) is 3.07. The number of aromatic nitrogens is 1. The molecule has 0 saturated carbocycles. The van der Waals surface area contributed by atoms with Crippen LogP contribution in [0.1, 0.15) is 18.1 Å². The minimum atomic E-state index is -3.64. The van der Waals surface area contributed by atoms with Crippen molar-refractivity contribution in [1.29, 1.82) is 0 Å². The monoisotopic (exact) mass is 291 g/mol. The number of aryl methyl sites for hydroxylation is 2. The fourth-order valence-corrected chi connectivity index (χ4v) is 3.02. The molecular weight excluding hydrogens is 274 g/mol. The molecule has 0 unspecified atom stereocenters. The summed E-state index contributed by atoms with van der Waals surface area (Å²) in [6.07, 6.45) is 3.91. The molecule has 1 heterocycles. The Morgan fingerprint density at radius 1 is 1.30 bits per heavy atom. The molecule has 0 radical (unpaired) electrons. The molecule has 0 saturated heterocycles. The molecule has 0 bridgehead atoms. The number of hydrogen-bond acceptors (Lipinski definition) is 4. The number of rotatable bonds is 4. The van der Waals surface area contributed by atoms with Crippen molar-refractivity contribution in [2.75, 3.05) is 10.5 Å². The number of benzene rings is 1. The van der Waals surface area contributed by atoms with Gasteiger partial charge >= 0.3 is 0 Å². The van der Waals surface area contributed by atoms with E-state index in [2.05, 4.69) is 9.71 Å². The average Bonchev–Trinajstić information content (AvgIpc) is 2.41. The molecule has 106 valence electrons. The van der Waals surface area contributed by atoms with Crippen molar-refractivity contribution in [3.63, 3.8) is 0 Å². The van der Waals surface area contributed by atoms with E-state index in [0.29, 0.717) is 11.4 Å². The number of sulfonamides is 1. The molecule has 1 aromatic heterocycles. The molecule has 0 atom stereocenters. The maximum absolute atomic E-state index is 12.3. The smallest absolute Gasteiger partial charge is 0.261 e. The van der Waals surface area contributed by atoms with Gasteiger partial charge in [0.25, 0.3) is 10.0 Å². The Kier molecular flexibility index (Phi) is 3.94. The van der Waals surface area contributed by atoms with Crippen LogP contribution in [0, 0.1) is 6.92 Å². The Morgan fingerprint density at radius 2 is 2.05 bits per heavy atom. The van der Waals surface area contributed by atoms with E-state index in [0.717, 1.165) is 17.5 Å². The van der Waals surface area contributed by atoms with Crippen molar-refractivity contribution < 1.29 is 8.42 Å². The second-order valence-electron chi connectivity index (χ2n) is 4.51. The number of hydrogen-bond donors (Lipinski definition) is 2. The average molecular weight is 291 g/mol. The number of nitrogen functional groups attached to an aromatic ring is 1. The van der Waals surface area contributed by atoms with Crippen LogP contribution >= 0.6 is 0 Å². The van der Waals surface area contributed by atoms with E-state index in [-0.39, 0.29) is 4.90 Å². The lowest BCUT2D eigenvalue weighted by Crippen LogP contribution is -2.14. The van der Waals surface area contributed by atoms with Crippen molar-refractivity contribution in [2.45, 2.75) is 25.2 Å². The van der Waals surface area contributed by atoms with E-state index in [1.54, 1.807) is 37.5 Å². The molecule has 0 amide bonds. The van der Waals surface area contributed by atoms with Gasteiger partial charge in [-0.3, -0.25) is 9.71 Å². The highest BCUT2D eigenvalue weighted by molar-refractivity contribution is 7.92. The Bertz CT molecular complexity index is 727. The highest BCUT2D eigenvalue weighted by Crippen LogP contribution is 2.22. The number of nitrogens with one attached hydrogen (secondary N) is 1. The molecule has 0 aliphatic heterocycles. The molecule has 20 heavy (non-hydrogen) atoms. The van der Waals surface area contributed by atoms with Crippen LogP contribution in [-0.2, 0) is 16.4 Å². The summed E-state index contributed by atoms with van der Waals surface area (Å²) in [7, 11) is -3.64. The van der Waals surface area contributed by atoms with Gasteiger partial charge in [-0.05, 0) is 42.7 Å². The maximum Gasteiger partial charge on any atom is 0.261 e. The van der Waals surface area contributed by atoms with Crippen molar-refractivity contribution in [3.8, 4) is 0 Å². The third-order valence-corrected chi connectivity index (χ3v) is 4.44. The molecule has 2 rings (SSSR count). The zero-order chi connectivity index (χ0) is 14.8. The molecule has 0 fully saturated rings. The lowest BCUT2D eigenvalue weighted by atomic mass is 10.1. The molecule has 0 aliphatic carbocycles. The normalized spacial score (nSPS) is 11.3. The number of anilines is 2. The molecular formula is C14H17N3O2S. The van der Waals surface area contributed by atoms with E-state index in [1.807, 2.05) is 6.92 Å². The number of pyridine rings is 1. The predicted molar refractivity (Wildman–Crippen MR) is 80.0 cm³/mol. The predicted octanol–water partition coefficient (Wildman–Crippen LogP) is 2.34. The summed E-state index contributed by atoms with van der Waals surface area (Å²) in [6, 6.07) is 6.41. The molecule has 6 heteroatoms. The van der Waals surface area contributed by atoms with Crippen LogP contribution in [0.2, 0.25) is 0 Å². The van der Waals surface area contributed by atoms with Crippen molar-refractivity contribution in [3.05, 3.63) is 47.8 Å². The van der Waals surface area contributed by atoms with Crippen molar-refractivity contribution >= 4 is 21.4 Å². The highest BCUT2D eigenvalue weighted by atomic mass is 32.2. The first-order chi connectivity index (χ1) is 9.44. The Labute approximate surface area is 118 Å². The quantitative estimate of drug-likeness (QED) is 0.847. The topological polar surface area (TPSA) is 85.1 Å². The van der Waals surface area contributed by atoms with Gasteiger partial charge in [-0.15, -0.1) is 0 Å². The fourth-order valence-electron chi connectivity index (χ4n) is 1.85. The molecule has 5 nitrogen and oxygen atoms in total. The van der Waals surface area contributed by atoms with Crippen LogP contribution in [0.4, 0.5) is 11.4 Å². The lowest BCUT2D eigenvalue weighted by Gasteiger charge is -2.11. The summed E-state index contributed by atoms with van der Waals surface area (Å²) in [5.41, 5.74) is 8.54. The van der Waals surface area contributed by atoms with Gasteiger partial charge in [0.05, 0.1) is 10.6 Å². The van der Waals surface area contributed by atoms with E-state index >= 15 is 0 Å². The van der Waals surface area contributed by atoms with Gasteiger partial charge in [0.1, 0.15) is 0 Å². The van der Waals surface area contributed by atoms with Gasteiger partial charge < -0.3 is 5.73 Å². The van der Waals surface area contributed by atoms with Crippen LogP contribution in [0.5, 0.6) is 0 Å². The molecule has 3 N–H and O–H groups in total. The van der Waals surface area contributed by atoms with Crippen LogP contribution in [0.15, 0.2) is 41.6 Å². The second kappa shape index (κ2) is 5.50. The Hall–Kier alpha value is -2.08. The first kappa shape index (κ1) is 14.3. The number of nitrogens with two attached hydrogens (primary N) is 1. The summed E-state index contributed by atoms with van der Waals surface area (Å²) in [5, 5.41) is 0. The first-order valence-electron chi connectivity index (χ1n) is 6.26. The summed E-state index contributed by atoms with van der Waals surface area (Å²) in [6.45, 7) is 3.76. The van der Waals surface area contributed by atoms with Crippen LogP contribution in [0.25, 0.3) is 0 Å². The standard InChI is InChI=1S/C14H17N3O2S/c1-3-11-4-5-12(8-13(11)15)20(18,19)17-14-6-7-16-9-10(14)2/h4-9H,3,15H2,1-2H3,(H,16,17). The minimum Gasteiger partial charge on any atom is -0.398 e. The van der Waals surface area contributed by atoms with Gasteiger partial charge in [-0.25, -0.2) is 8.42 Å². The number of nitrogens with zero attached hydrogens (tertiary/aromatic N) is 1. The molecule has 1 aromatic carbocycles. The van der Waals surface area contributed by atoms with Crippen LogP contribution < -0.4 is 10.5 Å². The summed E-state index contributed by atoms with van der Waals surface area (Å²) >= 11 is 0. The van der Waals surface area contributed by atoms with Crippen molar-refractivity contribution in [2.24, 2.45) is 0 Å². The summed E-state index contributed by atoms with van der Waals surface area (Å²) in [4.78, 5) is 4.09. The largest absolute Gasteiger partial charge is 0.398 e. The van der Waals surface area contributed by atoms with Crippen molar-refractivity contribution in [1.82, 2.24) is 4.98 Å². The van der Waals surface area contributed by atoms with Gasteiger partial charge in [-0.2, -0.15) is 0 Å². The molecule has 0 spiro atoms. The lowest BCUT2D eigenvalue weighted by molar-refractivity contribution is 0.601. The first-order valence-corrected chi connectivity index (χ1v) is 7.74. The Balaban J connectivity index is 2.36. The van der Waals surface area contributed by atoms with Crippen LogP contribution in [-0.4, -0.2) is 13.4 Å². The fraction of sp³-hybridized carbons (Fsp3) is 0.214. The minimum absolute atomic E-state index is 0.156. The zero-order valence-electron chi connectivity index (χ0n) is 11.4. The van der Waals surface area contributed by atoms with Gasteiger partial charge in [0.2, 0.25) is 0 Å². The van der Waals surface area contributed by atoms with E-state index in [4.69, 9.17) is 5.73 Å². The van der Waals surface area contributed by atoms with Gasteiger partial charge in [0, 0.05) is 18.1 Å². The molecule has 2 aromatic rings. The Morgan fingerprint density at radius 3 is 2.65 bits per heavy atom.